The van der Waals surface area contributed by atoms with Crippen LogP contribution in [0, 0.1) is 0 Å². The third kappa shape index (κ3) is 2.88. The second-order valence-corrected chi connectivity index (χ2v) is 3.21. The van der Waals surface area contributed by atoms with Crippen molar-refractivity contribution in [3.05, 3.63) is 40.4 Å². The zero-order valence-corrected chi connectivity index (χ0v) is 7.91. The van der Waals surface area contributed by atoms with Gasteiger partial charge >= 0.3 is 0 Å². The van der Waals surface area contributed by atoms with E-state index in [0.717, 1.165) is 10.0 Å². The van der Waals surface area contributed by atoms with Gasteiger partial charge in [0, 0.05) is 10.5 Å². The van der Waals surface area contributed by atoms with Crippen LogP contribution in [0.1, 0.15) is 5.56 Å². The number of hydrogen-bond acceptors (Lipinski definition) is 1. The number of benzene rings is 1. The molecule has 0 saturated carbocycles. The fourth-order valence-electron chi connectivity index (χ4n) is 0.789. The fourth-order valence-corrected chi connectivity index (χ4v) is 1.21. The second kappa shape index (κ2) is 4.07. The zero-order chi connectivity index (χ0) is 8.97. The molecule has 3 heteroatoms. The monoisotopic (exact) mass is 225 g/mol. The van der Waals surface area contributed by atoms with Gasteiger partial charge in [0.05, 0.1) is 0 Å². The van der Waals surface area contributed by atoms with Crippen LogP contribution in [0.5, 0.6) is 0 Å². The summed E-state index contributed by atoms with van der Waals surface area (Å²) in [6, 6.07) is 7.61. The quantitative estimate of drug-likeness (QED) is 0.769. The highest BCUT2D eigenvalue weighted by molar-refractivity contribution is 9.10. The molecule has 0 fully saturated rings. The van der Waals surface area contributed by atoms with Crippen LogP contribution in [0.4, 0.5) is 0 Å². The predicted molar refractivity (Wildman–Crippen MR) is 52.4 cm³/mol. The van der Waals surface area contributed by atoms with E-state index in [1.54, 1.807) is 6.08 Å². The highest BCUT2D eigenvalue weighted by atomic mass is 79.9. The molecule has 0 aromatic heterocycles. The normalized spacial score (nSPS) is 10.4. The lowest BCUT2D eigenvalue weighted by atomic mass is 10.2. The molecule has 0 aliphatic rings. The Morgan fingerprint density at radius 3 is 2.83 bits per heavy atom. The van der Waals surface area contributed by atoms with Crippen LogP contribution in [0.2, 0.25) is 0 Å². The summed E-state index contributed by atoms with van der Waals surface area (Å²) in [5.74, 6) is -0.435. The summed E-state index contributed by atoms with van der Waals surface area (Å²) in [5, 5.41) is 0. The minimum absolute atomic E-state index is 0.435. The van der Waals surface area contributed by atoms with Gasteiger partial charge in [-0.15, -0.1) is 0 Å². The summed E-state index contributed by atoms with van der Waals surface area (Å²) >= 11 is 3.32. The molecule has 0 radical (unpaired) electrons. The molecular formula is C9H8BrNO. The molecule has 2 N–H and O–H groups in total. The van der Waals surface area contributed by atoms with Crippen molar-refractivity contribution in [3.63, 3.8) is 0 Å². The Bertz CT molecular complexity index is 320. The first-order valence-electron chi connectivity index (χ1n) is 3.41. The number of nitrogens with two attached hydrogens (primary N) is 1. The molecular weight excluding hydrogens is 218 g/mol. The van der Waals surface area contributed by atoms with E-state index in [-0.39, 0.29) is 0 Å². The summed E-state index contributed by atoms with van der Waals surface area (Å²) in [6.07, 6.45) is 3.01. The maximum atomic E-state index is 10.4. The molecule has 0 bridgehead atoms. The van der Waals surface area contributed by atoms with Crippen molar-refractivity contribution in [2.75, 3.05) is 0 Å². The van der Waals surface area contributed by atoms with Gasteiger partial charge in [0.15, 0.2) is 0 Å². The first kappa shape index (κ1) is 9.00. The number of hydrogen-bond donors (Lipinski definition) is 1. The summed E-state index contributed by atoms with van der Waals surface area (Å²) in [7, 11) is 0. The first-order valence-corrected chi connectivity index (χ1v) is 4.21. The van der Waals surface area contributed by atoms with Gasteiger partial charge in [-0.2, -0.15) is 0 Å². The van der Waals surface area contributed by atoms with Gasteiger partial charge in [0.1, 0.15) is 0 Å². The summed E-state index contributed by atoms with van der Waals surface area (Å²) in [5.41, 5.74) is 5.89. The number of amides is 1. The van der Waals surface area contributed by atoms with Gasteiger partial charge in [-0.3, -0.25) is 4.79 Å². The highest BCUT2D eigenvalue weighted by Gasteiger charge is 1.88. The highest BCUT2D eigenvalue weighted by Crippen LogP contribution is 2.12. The third-order valence-electron chi connectivity index (χ3n) is 1.29. The number of carbonyl (C=O) groups excluding carboxylic acids is 1. The van der Waals surface area contributed by atoms with Crippen molar-refractivity contribution in [1.29, 1.82) is 0 Å². The molecule has 0 spiro atoms. The molecule has 0 unspecified atom stereocenters. The number of halogens is 1. The molecule has 0 saturated heterocycles. The Morgan fingerprint density at radius 1 is 1.50 bits per heavy atom. The Labute approximate surface area is 79.2 Å². The van der Waals surface area contributed by atoms with Gasteiger partial charge in [-0.05, 0) is 23.8 Å². The van der Waals surface area contributed by atoms with E-state index in [2.05, 4.69) is 15.9 Å². The lowest BCUT2D eigenvalue weighted by Crippen LogP contribution is -2.04. The predicted octanol–water partition coefficient (Wildman–Crippen LogP) is 1.95. The van der Waals surface area contributed by atoms with Crippen LogP contribution < -0.4 is 5.73 Å². The van der Waals surface area contributed by atoms with E-state index in [9.17, 15) is 4.79 Å². The summed E-state index contributed by atoms with van der Waals surface area (Å²) < 4.78 is 0.981. The molecule has 1 aromatic carbocycles. The molecule has 0 aliphatic heterocycles. The maximum absolute atomic E-state index is 10.4. The Kier molecular flexibility index (Phi) is 3.05. The molecule has 0 aliphatic carbocycles. The minimum atomic E-state index is -0.435. The Balaban J connectivity index is 2.83. The zero-order valence-electron chi connectivity index (χ0n) is 6.33. The van der Waals surface area contributed by atoms with Crippen LogP contribution in [-0.4, -0.2) is 5.91 Å². The van der Waals surface area contributed by atoms with E-state index in [4.69, 9.17) is 5.73 Å². The topological polar surface area (TPSA) is 43.1 Å². The van der Waals surface area contributed by atoms with E-state index < -0.39 is 5.91 Å². The van der Waals surface area contributed by atoms with Crippen LogP contribution in [0.25, 0.3) is 6.08 Å². The smallest absolute Gasteiger partial charge is 0.241 e. The average Bonchev–Trinajstić information content (AvgIpc) is 2.01. The van der Waals surface area contributed by atoms with Crippen molar-refractivity contribution in [2.45, 2.75) is 0 Å². The average molecular weight is 226 g/mol. The van der Waals surface area contributed by atoms with Crippen LogP contribution in [0.15, 0.2) is 34.8 Å². The lowest BCUT2D eigenvalue weighted by molar-refractivity contribution is -0.113. The maximum Gasteiger partial charge on any atom is 0.241 e. The minimum Gasteiger partial charge on any atom is -0.366 e. The molecule has 62 valence electrons. The number of carbonyl (C=O) groups is 1. The summed E-state index contributed by atoms with van der Waals surface area (Å²) in [4.78, 5) is 10.4. The molecule has 1 amide bonds. The van der Waals surface area contributed by atoms with E-state index >= 15 is 0 Å². The van der Waals surface area contributed by atoms with E-state index in [1.165, 1.54) is 6.08 Å². The third-order valence-corrected chi connectivity index (χ3v) is 1.78. The van der Waals surface area contributed by atoms with Crippen molar-refractivity contribution in [2.24, 2.45) is 5.73 Å². The van der Waals surface area contributed by atoms with Crippen molar-refractivity contribution >= 4 is 27.9 Å². The molecule has 12 heavy (non-hydrogen) atoms. The largest absolute Gasteiger partial charge is 0.366 e. The molecule has 0 heterocycles. The number of primary amides is 1. The van der Waals surface area contributed by atoms with E-state index in [1.807, 2.05) is 24.3 Å². The van der Waals surface area contributed by atoms with Gasteiger partial charge in [-0.1, -0.05) is 28.1 Å². The van der Waals surface area contributed by atoms with Gasteiger partial charge in [0.25, 0.3) is 0 Å². The molecule has 1 aromatic rings. The molecule has 2 nitrogen and oxygen atoms in total. The van der Waals surface area contributed by atoms with Crippen molar-refractivity contribution < 1.29 is 4.79 Å². The van der Waals surface area contributed by atoms with Gasteiger partial charge in [-0.25, -0.2) is 0 Å². The van der Waals surface area contributed by atoms with Crippen LogP contribution >= 0.6 is 15.9 Å². The first-order chi connectivity index (χ1) is 5.68. The van der Waals surface area contributed by atoms with Crippen molar-refractivity contribution in [3.8, 4) is 0 Å². The van der Waals surface area contributed by atoms with Gasteiger partial charge < -0.3 is 5.73 Å². The SMILES string of the molecule is NC(=O)/C=C\c1cccc(Br)c1. The van der Waals surface area contributed by atoms with Crippen LogP contribution in [0.3, 0.4) is 0 Å². The molecule has 0 atom stereocenters. The van der Waals surface area contributed by atoms with E-state index in [0.29, 0.717) is 0 Å². The standard InChI is InChI=1S/C9H8BrNO/c10-8-3-1-2-7(6-8)4-5-9(11)12/h1-6H,(H2,11,12)/b5-4-. The van der Waals surface area contributed by atoms with Crippen molar-refractivity contribution in [1.82, 2.24) is 0 Å². The number of rotatable bonds is 2. The fraction of sp³-hybridized carbons (Fsp3) is 0. The van der Waals surface area contributed by atoms with Gasteiger partial charge in [0.2, 0.25) is 5.91 Å². The lowest BCUT2D eigenvalue weighted by Gasteiger charge is -1.92. The Morgan fingerprint density at radius 2 is 2.25 bits per heavy atom. The van der Waals surface area contributed by atoms with Crippen LogP contribution in [-0.2, 0) is 4.79 Å². The second-order valence-electron chi connectivity index (χ2n) is 2.29. The molecule has 1 rings (SSSR count). The Hall–Kier alpha value is -1.09. The summed E-state index contributed by atoms with van der Waals surface area (Å²) in [6.45, 7) is 0.